The molecule has 2 N–H and O–H groups in total. The van der Waals surface area contributed by atoms with Crippen LogP contribution in [-0.2, 0) is 0 Å². The van der Waals surface area contributed by atoms with Crippen LogP contribution in [-0.4, -0.2) is 4.98 Å². The van der Waals surface area contributed by atoms with E-state index in [0.29, 0.717) is 11.3 Å². The van der Waals surface area contributed by atoms with E-state index in [2.05, 4.69) is 4.98 Å². The molecule has 0 bridgehead atoms. The van der Waals surface area contributed by atoms with Crippen molar-refractivity contribution in [2.45, 2.75) is 6.92 Å². The third kappa shape index (κ3) is 1.84. The summed E-state index contributed by atoms with van der Waals surface area (Å²) in [6.07, 6.45) is 0. The van der Waals surface area contributed by atoms with Crippen molar-refractivity contribution in [1.29, 1.82) is 0 Å². The zero-order valence-electron chi connectivity index (χ0n) is 9.77. The van der Waals surface area contributed by atoms with Crippen molar-refractivity contribution in [1.82, 2.24) is 4.98 Å². The van der Waals surface area contributed by atoms with E-state index < -0.39 is 0 Å². The molecule has 1 aromatic heterocycles. The predicted octanol–water partition coefficient (Wildman–Crippen LogP) is 3.99. The van der Waals surface area contributed by atoms with Gasteiger partial charge in [-0.25, -0.2) is 9.37 Å². The fraction of sp³-hybridized carbons (Fsp3) is 0.0714. The van der Waals surface area contributed by atoms with Gasteiger partial charge in [0.05, 0.1) is 10.2 Å². The minimum absolute atomic E-state index is 0.203. The van der Waals surface area contributed by atoms with Crippen LogP contribution in [0.15, 0.2) is 36.4 Å². The Kier molecular flexibility index (Phi) is 2.52. The first-order chi connectivity index (χ1) is 8.63. The zero-order valence-corrected chi connectivity index (χ0v) is 10.6. The van der Waals surface area contributed by atoms with Gasteiger partial charge in [-0.1, -0.05) is 12.1 Å². The molecule has 4 heteroatoms. The van der Waals surface area contributed by atoms with Gasteiger partial charge in [-0.2, -0.15) is 0 Å². The summed E-state index contributed by atoms with van der Waals surface area (Å²) < 4.78 is 14.6. The smallest absolute Gasteiger partial charge is 0.126 e. The molecule has 3 rings (SSSR count). The minimum atomic E-state index is -0.203. The maximum absolute atomic E-state index is 13.5. The third-order valence-corrected chi connectivity index (χ3v) is 3.90. The number of anilines is 1. The number of hydrogen-bond donors (Lipinski definition) is 1. The summed E-state index contributed by atoms with van der Waals surface area (Å²) in [5.74, 6) is -0.203. The van der Waals surface area contributed by atoms with Crippen LogP contribution < -0.4 is 5.73 Å². The number of rotatable bonds is 1. The summed E-state index contributed by atoms with van der Waals surface area (Å²) in [6, 6.07) is 10.8. The van der Waals surface area contributed by atoms with Gasteiger partial charge in [0.25, 0.3) is 0 Å². The van der Waals surface area contributed by atoms with Crippen molar-refractivity contribution in [2.75, 3.05) is 5.73 Å². The number of nitrogens with two attached hydrogens (primary N) is 1. The summed E-state index contributed by atoms with van der Waals surface area (Å²) in [7, 11) is 0. The fourth-order valence-electron chi connectivity index (χ4n) is 1.79. The van der Waals surface area contributed by atoms with E-state index >= 15 is 0 Å². The Balaban J connectivity index is 2.16. The van der Waals surface area contributed by atoms with Crippen molar-refractivity contribution in [3.8, 4) is 10.6 Å². The number of fused-ring (bicyclic) bond motifs is 1. The average molecular weight is 258 g/mol. The lowest BCUT2D eigenvalue weighted by Gasteiger charge is -1.98. The quantitative estimate of drug-likeness (QED) is 0.670. The molecule has 0 unspecified atom stereocenters. The van der Waals surface area contributed by atoms with Gasteiger partial charge in [-0.05, 0) is 36.8 Å². The molecule has 0 saturated carbocycles. The fourth-order valence-corrected chi connectivity index (χ4v) is 2.80. The summed E-state index contributed by atoms with van der Waals surface area (Å²) in [5.41, 5.74) is 8.79. The normalized spacial score (nSPS) is 11.0. The standard InChI is InChI=1S/C14H11FN2S/c1-8-2-3-9(6-11(8)15)14-17-12-5-4-10(16)7-13(12)18-14/h2-7H,16H2,1H3. The number of thiazole rings is 1. The summed E-state index contributed by atoms with van der Waals surface area (Å²) in [4.78, 5) is 4.49. The van der Waals surface area contributed by atoms with E-state index in [1.807, 2.05) is 24.3 Å². The molecule has 0 aliphatic heterocycles. The third-order valence-electron chi connectivity index (χ3n) is 2.83. The van der Waals surface area contributed by atoms with Crippen LogP contribution in [0.1, 0.15) is 5.56 Å². The van der Waals surface area contributed by atoms with Crippen LogP contribution in [0, 0.1) is 12.7 Å². The molecule has 0 radical (unpaired) electrons. The highest BCUT2D eigenvalue weighted by Gasteiger charge is 2.08. The first kappa shape index (κ1) is 11.2. The zero-order chi connectivity index (χ0) is 12.7. The Labute approximate surface area is 108 Å². The molecule has 0 spiro atoms. The first-order valence-corrected chi connectivity index (χ1v) is 6.38. The molecule has 90 valence electrons. The Morgan fingerprint density at radius 1 is 1.17 bits per heavy atom. The largest absolute Gasteiger partial charge is 0.399 e. The van der Waals surface area contributed by atoms with Crippen molar-refractivity contribution < 1.29 is 4.39 Å². The average Bonchev–Trinajstić information content (AvgIpc) is 2.75. The lowest BCUT2D eigenvalue weighted by molar-refractivity contribution is 0.619. The van der Waals surface area contributed by atoms with E-state index in [4.69, 9.17) is 5.73 Å². The van der Waals surface area contributed by atoms with Crippen molar-refractivity contribution in [3.63, 3.8) is 0 Å². The van der Waals surface area contributed by atoms with Gasteiger partial charge >= 0.3 is 0 Å². The molecular weight excluding hydrogens is 247 g/mol. The van der Waals surface area contributed by atoms with Crippen LogP contribution in [0.5, 0.6) is 0 Å². The summed E-state index contributed by atoms with van der Waals surface area (Å²) >= 11 is 1.52. The van der Waals surface area contributed by atoms with Gasteiger partial charge in [0.15, 0.2) is 0 Å². The molecule has 0 saturated heterocycles. The Morgan fingerprint density at radius 3 is 2.78 bits per heavy atom. The maximum atomic E-state index is 13.5. The minimum Gasteiger partial charge on any atom is -0.399 e. The van der Waals surface area contributed by atoms with E-state index in [1.165, 1.54) is 17.4 Å². The molecule has 0 amide bonds. The Bertz CT molecular complexity index is 734. The number of nitrogen functional groups attached to an aromatic ring is 1. The molecule has 2 nitrogen and oxygen atoms in total. The molecule has 2 aromatic carbocycles. The highest BCUT2D eigenvalue weighted by atomic mass is 32.1. The van der Waals surface area contributed by atoms with Crippen LogP contribution in [0.3, 0.4) is 0 Å². The van der Waals surface area contributed by atoms with Crippen LogP contribution in [0.25, 0.3) is 20.8 Å². The first-order valence-electron chi connectivity index (χ1n) is 5.56. The maximum Gasteiger partial charge on any atom is 0.126 e. The van der Waals surface area contributed by atoms with E-state index in [1.54, 1.807) is 13.0 Å². The van der Waals surface area contributed by atoms with Crippen molar-refractivity contribution >= 4 is 27.2 Å². The van der Waals surface area contributed by atoms with Crippen LogP contribution in [0.4, 0.5) is 10.1 Å². The number of benzene rings is 2. The second kappa shape index (κ2) is 4.07. The predicted molar refractivity (Wildman–Crippen MR) is 74.2 cm³/mol. The number of aromatic nitrogens is 1. The molecular formula is C14H11FN2S. The molecule has 1 heterocycles. The van der Waals surface area contributed by atoms with E-state index in [9.17, 15) is 4.39 Å². The highest BCUT2D eigenvalue weighted by Crippen LogP contribution is 2.31. The van der Waals surface area contributed by atoms with Gasteiger partial charge < -0.3 is 5.73 Å². The van der Waals surface area contributed by atoms with Crippen molar-refractivity contribution in [2.24, 2.45) is 0 Å². The van der Waals surface area contributed by atoms with Crippen LogP contribution >= 0.6 is 11.3 Å². The van der Waals surface area contributed by atoms with E-state index in [-0.39, 0.29) is 5.82 Å². The molecule has 0 atom stereocenters. The van der Waals surface area contributed by atoms with Crippen molar-refractivity contribution in [3.05, 3.63) is 47.8 Å². The molecule has 0 aliphatic rings. The molecule has 18 heavy (non-hydrogen) atoms. The molecule has 3 aromatic rings. The SMILES string of the molecule is Cc1ccc(-c2nc3ccc(N)cc3s2)cc1F. The second-order valence-electron chi connectivity index (χ2n) is 4.21. The summed E-state index contributed by atoms with van der Waals surface area (Å²) in [6.45, 7) is 1.75. The number of hydrogen-bond acceptors (Lipinski definition) is 3. The lowest BCUT2D eigenvalue weighted by Crippen LogP contribution is -1.83. The van der Waals surface area contributed by atoms with Gasteiger partial charge in [-0.3, -0.25) is 0 Å². The Hall–Kier alpha value is -1.94. The highest BCUT2D eigenvalue weighted by molar-refractivity contribution is 7.21. The van der Waals surface area contributed by atoms with Gasteiger partial charge in [0.1, 0.15) is 10.8 Å². The number of aryl methyl sites for hydroxylation is 1. The van der Waals surface area contributed by atoms with Gasteiger partial charge in [0.2, 0.25) is 0 Å². The van der Waals surface area contributed by atoms with Gasteiger partial charge in [0, 0.05) is 11.3 Å². The van der Waals surface area contributed by atoms with E-state index in [0.717, 1.165) is 20.8 Å². The molecule has 0 aliphatic carbocycles. The second-order valence-corrected chi connectivity index (χ2v) is 5.24. The van der Waals surface area contributed by atoms with Crippen LogP contribution in [0.2, 0.25) is 0 Å². The Morgan fingerprint density at radius 2 is 2.00 bits per heavy atom. The number of nitrogens with zero attached hydrogens (tertiary/aromatic N) is 1. The number of halogens is 1. The lowest BCUT2D eigenvalue weighted by atomic mass is 10.1. The van der Waals surface area contributed by atoms with Gasteiger partial charge in [-0.15, -0.1) is 11.3 Å². The molecule has 0 fully saturated rings. The monoisotopic (exact) mass is 258 g/mol. The topological polar surface area (TPSA) is 38.9 Å². The summed E-state index contributed by atoms with van der Waals surface area (Å²) in [5, 5.41) is 0.814.